The zero-order valence-electron chi connectivity index (χ0n) is 11.1. The van der Waals surface area contributed by atoms with Gasteiger partial charge in [-0.05, 0) is 29.8 Å². The van der Waals surface area contributed by atoms with Crippen LogP contribution in [0.3, 0.4) is 0 Å². The maximum atomic E-state index is 13.7. The number of aliphatic hydroxyl groups is 1. The number of hydrogen-bond donors (Lipinski definition) is 1. The maximum absolute atomic E-state index is 13.7. The van der Waals surface area contributed by atoms with Gasteiger partial charge < -0.3 is 5.11 Å². The fourth-order valence-electron chi connectivity index (χ4n) is 2.41. The Balaban J connectivity index is 2.01. The molecule has 0 fully saturated rings. The average Bonchev–Trinajstić information content (AvgIpc) is 2.50. The molecule has 0 bridgehead atoms. The number of fused-ring (bicyclic) bond motifs is 1. The van der Waals surface area contributed by atoms with E-state index in [1.165, 1.54) is 6.07 Å². The van der Waals surface area contributed by atoms with Gasteiger partial charge in [-0.25, -0.2) is 4.39 Å². The molecule has 3 rings (SSSR count). The molecule has 4 heteroatoms. The number of rotatable bonds is 3. The van der Waals surface area contributed by atoms with Crippen molar-refractivity contribution in [3.8, 4) is 0 Å². The molecule has 2 nitrogen and oxygen atoms in total. The summed E-state index contributed by atoms with van der Waals surface area (Å²) in [5, 5.41) is 11.8. The van der Waals surface area contributed by atoms with Crippen LogP contribution in [-0.4, -0.2) is 10.1 Å². The van der Waals surface area contributed by atoms with Crippen LogP contribution >= 0.6 is 11.6 Å². The number of aromatic nitrogens is 1. The first-order chi connectivity index (χ1) is 10.2. The van der Waals surface area contributed by atoms with Crippen molar-refractivity contribution in [3.63, 3.8) is 0 Å². The molecular formula is C17H13ClFNO. The summed E-state index contributed by atoms with van der Waals surface area (Å²) in [5.74, 6) is -0.317. The second-order valence-electron chi connectivity index (χ2n) is 4.85. The van der Waals surface area contributed by atoms with E-state index >= 15 is 0 Å². The van der Waals surface area contributed by atoms with Gasteiger partial charge in [0.25, 0.3) is 0 Å². The highest BCUT2D eigenvalue weighted by molar-refractivity contribution is 6.35. The maximum Gasteiger partial charge on any atom is 0.126 e. The van der Waals surface area contributed by atoms with Gasteiger partial charge in [-0.3, -0.25) is 4.98 Å². The van der Waals surface area contributed by atoms with Gasteiger partial charge in [0.2, 0.25) is 0 Å². The molecule has 0 radical (unpaired) electrons. The molecule has 21 heavy (non-hydrogen) atoms. The monoisotopic (exact) mass is 301 g/mol. The highest BCUT2D eigenvalue weighted by atomic mass is 35.5. The Morgan fingerprint density at radius 1 is 1.10 bits per heavy atom. The van der Waals surface area contributed by atoms with Crippen LogP contribution in [0, 0.1) is 5.82 Å². The molecule has 0 amide bonds. The summed E-state index contributed by atoms with van der Waals surface area (Å²) in [4.78, 5) is 4.29. The average molecular weight is 302 g/mol. The number of benzene rings is 2. The summed E-state index contributed by atoms with van der Waals surface area (Å²) < 4.78 is 13.7. The fraction of sp³-hybridized carbons (Fsp3) is 0.118. The predicted molar refractivity (Wildman–Crippen MR) is 81.8 cm³/mol. The topological polar surface area (TPSA) is 33.1 Å². The van der Waals surface area contributed by atoms with Gasteiger partial charge in [0.15, 0.2) is 0 Å². The Morgan fingerprint density at radius 2 is 1.90 bits per heavy atom. The minimum atomic E-state index is -0.837. The third kappa shape index (κ3) is 2.75. The minimum absolute atomic E-state index is 0.194. The molecule has 1 atom stereocenters. The summed E-state index contributed by atoms with van der Waals surface area (Å²) in [6.45, 7) is 0. The molecule has 3 aromatic rings. The van der Waals surface area contributed by atoms with Crippen LogP contribution in [0.25, 0.3) is 10.9 Å². The van der Waals surface area contributed by atoms with Crippen molar-refractivity contribution in [1.82, 2.24) is 4.98 Å². The largest absolute Gasteiger partial charge is 0.388 e. The summed E-state index contributed by atoms with van der Waals surface area (Å²) >= 11 is 6.14. The van der Waals surface area contributed by atoms with Gasteiger partial charge in [-0.2, -0.15) is 0 Å². The lowest BCUT2D eigenvalue weighted by Gasteiger charge is -2.14. The summed E-state index contributed by atoms with van der Waals surface area (Å²) in [5.41, 5.74) is 1.77. The van der Waals surface area contributed by atoms with Gasteiger partial charge in [0.05, 0.1) is 11.6 Å². The van der Waals surface area contributed by atoms with Gasteiger partial charge in [0.1, 0.15) is 5.82 Å². The Bertz CT molecular complexity index is 791. The number of halogens is 2. The molecule has 0 aliphatic carbocycles. The Morgan fingerprint density at radius 3 is 2.71 bits per heavy atom. The van der Waals surface area contributed by atoms with E-state index in [1.54, 1.807) is 42.6 Å². The first-order valence-electron chi connectivity index (χ1n) is 6.61. The van der Waals surface area contributed by atoms with E-state index in [2.05, 4.69) is 4.98 Å². The standard InChI is InChI=1S/C17H13ClFNO/c18-14-8-7-13(17-12(14)5-3-9-20-17)16(21)10-11-4-1-2-6-15(11)19/h1-9,16,21H,10H2. The first-order valence-corrected chi connectivity index (χ1v) is 6.99. The van der Waals surface area contributed by atoms with Crippen molar-refractivity contribution in [2.24, 2.45) is 0 Å². The van der Waals surface area contributed by atoms with Crippen LogP contribution in [0.1, 0.15) is 17.2 Å². The predicted octanol–water partition coefficient (Wildman–Crippen LogP) is 4.30. The molecular weight excluding hydrogens is 289 g/mol. The van der Waals surface area contributed by atoms with Crippen LogP contribution in [0.2, 0.25) is 5.02 Å². The SMILES string of the molecule is OC(Cc1ccccc1F)c1ccc(Cl)c2cccnc12. The van der Waals surface area contributed by atoms with Crippen LogP contribution < -0.4 is 0 Å². The van der Waals surface area contributed by atoms with Crippen molar-refractivity contribution in [1.29, 1.82) is 0 Å². The molecule has 0 spiro atoms. The molecule has 1 aromatic heterocycles. The number of hydrogen-bond acceptors (Lipinski definition) is 2. The lowest BCUT2D eigenvalue weighted by atomic mass is 9.98. The van der Waals surface area contributed by atoms with Crippen LogP contribution in [0.5, 0.6) is 0 Å². The van der Waals surface area contributed by atoms with Crippen molar-refractivity contribution in [2.45, 2.75) is 12.5 Å². The van der Waals surface area contributed by atoms with Gasteiger partial charge in [0, 0.05) is 28.6 Å². The van der Waals surface area contributed by atoms with E-state index in [4.69, 9.17) is 11.6 Å². The van der Waals surface area contributed by atoms with E-state index in [9.17, 15) is 9.50 Å². The summed E-state index contributed by atoms with van der Waals surface area (Å²) in [6, 6.07) is 13.6. The van der Waals surface area contributed by atoms with Crippen molar-refractivity contribution in [2.75, 3.05) is 0 Å². The first kappa shape index (κ1) is 14.0. The van der Waals surface area contributed by atoms with E-state index in [0.29, 0.717) is 21.7 Å². The molecule has 1 unspecified atom stereocenters. The fourth-order valence-corrected chi connectivity index (χ4v) is 2.63. The third-order valence-electron chi connectivity index (χ3n) is 3.48. The molecule has 1 N–H and O–H groups in total. The highest BCUT2D eigenvalue weighted by Gasteiger charge is 2.16. The Labute approximate surface area is 126 Å². The number of nitrogens with zero attached hydrogens (tertiary/aromatic N) is 1. The van der Waals surface area contributed by atoms with Crippen molar-refractivity contribution < 1.29 is 9.50 Å². The van der Waals surface area contributed by atoms with E-state index in [1.807, 2.05) is 6.07 Å². The van der Waals surface area contributed by atoms with Crippen LogP contribution in [0.15, 0.2) is 54.7 Å². The van der Waals surface area contributed by atoms with Crippen molar-refractivity contribution >= 4 is 22.5 Å². The normalized spacial score (nSPS) is 12.5. The van der Waals surface area contributed by atoms with Gasteiger partial charge in [-0.1, -0.05) is 35.9 Å². The molecule has 2 aromatic carbocycles. The molecule has 0 saturated carbocycles. The minimum Gasteiger partial charge on any atom is -0.388 e. The highest BCUT2D eigenvalue weighted by Crippen LogP contribution is 2.30. The lowest BCUT2D eigenvalue weighted by molar-refractivity contribution is 0.178. The van der Waals surface area contributed by atoms with Crippen LogP contribution in [0.4, 0.5) is 4.39 Å². The molecule has 106 valence electrons. The summed E-state index contributed by atoms with van der Waals surface area (Å²) in [7, 11) is 0. The molecule has 0 aliphatic rings. The van der Waals surface area contributed by atoms with Crippen LogP contribution in [-0.2, 0) is 6.42 Å². The lowest BCUT2D eigenvalue weighted by Crippen LogP contribution is -2.05. The molecule has 0 saturated heterocycles. The van der Waals surface area contributed by atoms with E-state index in [-0.39, 0.29) is 12.2 Å². The molecule has 0 aliphatic heterocycles. The quantitative estimate of drug-likeness (QED) is 0.782. The zero-order valence-corrected chi connectivity index (χ0v) is 11.9. The van der Waals surface area contributed by atoms with E-state index < -0.39 is 6.10 Å². The van der Waals surface area contributed by atoms with E-state index in [0.717, 1.165) is 5.39 Å². The zero-order chi connectivity index (χ0) is 14.8. The Hall–Kier alpha value is -1.97. The smallest absolute Gasteiger partial charge is 0.126 e. The summed E-state index contributed by atoms with van der Waals surface area (Å²) in [6.07, 6.45) is 1.01. The second kappa shape index (κ2) is 5.80. The number of aliphatic hydroxyl groups excluding tert-OH is 1. The van der Waals surface area contributed by atoms with Gasteiger partial charge in [-0.15, -0.1) is 0 Å². The van der Waals surface area contributed by atoms with Crippen molar-refractivity contribution in [3.05, 3.63) is 76.7 Å². The third-order valence-corrected chi connectivity index (χ3v) is 3.81. The second-order valence-corrected chi connectivity index (χ2v) is 5.25. The number of pyridine rings is 1. The Kier molecular flexibility index (Phi) is 3.86. The molecule has 1 heterocycles. The van der Waals surface area contributed by atoms with Gasteiger partial charge >= 0.3 is 0 Å².